The van der Waals surface area contributed by atoms with Crippen LogP contribution in [0, 0.1) is 0 Å². The Kier molecular flexibility index (Phi) is 7.42. The lowest BCUT2D eigenvalue weighted by molar-refractivity contribution is -0.136. The van der Waals surface area contributed by atoms with E-state index >= 15 is 0 Å². The molecule has 0 bridgehead atoms. The van der Waals surface area contributed by atoms with Crippen LogP contribution in [0.2, 0.25) is 0 Å². The number of ether oxygens (including phenoxy) is 2. The summed E-state index contributed by atoms with van der Waals surface area (Å²) in [6.45, 7) is 1.98. The van der Waals surface area contributed by atoms with Gasteiger partial charge in [-0.1, -0.05) is 56.1 Å². The number of para-hydroxylation sites is 1. The number of thioether (sulfide) groups is 1. The molecule has 1 aromatic rings. The molecule has 1 atom stereocenters. The highest BCUT2D eigenvalue weighted by Crippen LogP contribution is 2.47. The fourth-order valence-electron chi connectivity index (χ4n) is 4.79. The number of nitrogens with one attached hydrogen (secondary N) is 1. The summed E-state index contributed by atoms with van der Waals surface area (Å²) in [4.78, 5) is 32.7. The van der Waals surface area contributed by atoms with Gasteiger partial charge in [-0.25, -0.2) is 9.79 Å². The maximum absolute atomic E-state index is 13.0. The minimum absolute atomic E-state index is 0.00124. The van der Waals surface area contributed by atoms with Gasteiger partial charge in [-0.05, 0) is 30.7 Å². The van der Waals surface area contributed by atoms with Gasteiger partial charge < -0.3 is 19.7 Å². The summed E-state index contributed by atoms with van der Waals surface area (Å²) in [6.07, 6.45) is 6.45. The number of allylic oxidation sites excluding steroid dienone is 1. The smallest absolute Gasteiger partial charge is 0.338 e. The molecule has 1 N–H and O–H groups in total. The van der Waals surface area contributed by atoms with Crippen LogP contribution in [0.15, 0.2) is 51.6 Å². The van der Waals surface area contributed by atoms with Gasteiger partial charge >= 0.3 is 5.97 Å². The summed E-state index contributed by atoms with van der Waals surface area (Å²) >= 11 is 1.48. The normalized spacial score (nSPS) is 20.7. The number of esters is 1. The number of nitrogens with zero attached hydrogens (tertiary/aromatic N) is 2. The van der Waals surface area contributed by atoms with Gasteiger partial charge in [-0.15, -0.1) is 0 Å². The summed E-state index contributed by atoms with van der Waals surface area (Å²) in [5, 5.41) is 5.93. The molecule has 0 radical (unpaired) electrons. The maximum Gasteiger partial charge on any atom is 0.338 e. The Balaban J connectivity index is 1.69. The molecule has 0 saturated heterocycles. The fraction of sp³-hybridized carbons (Fsp3) is 0.480. The van der Waals surface area contributed by atoms with Crippen LogP contribution in [0.4, 0.5) is 0 Å². The predicted molar refractivity (Wildman–Crippen MR) is 130 cm³/mol. The fourth-order valence-corrected chi connectivity index (χ4v) is 5.73. The summed E-state index contributed by atoms with van der Waals surface area (Å²) < 4.78 is 10.8. The number of hydrogen-bond acceptors (Lipinski definition) is 7. The Labute approximate surface area is 199 Å². The first-order valence-electron chi connectivity index (χ1n) is 11.5. The molecule has 0 aromatic heterocycles. The summed E-state index contributed by atoms with van der Waals surface area (Å²) in [5.41, 5.74) is 2.83. The lowest BCUT2D eigenvalue weighted by Crippen LogP contribution is -2.40. The number of amidine groups is 1. The van der Waals surface area contributed by atoms with Crippen LogP contribution in [-0.4, -0.2) is 42.2 Å². The number of hydrogen-bond donors (Lipinski definition) is 1. The molecule has 3 aliphatic rings. The predicted octanol–water partition coefficient (Wildman–Crippen LogP) is 4.67. The van der Waals surface area contributed by atoms with E-state index in [1.165, 1.54) is 25.3 Å². The third-order valence-corrected chi connectivity index (χ3v) is 7.26. The van der Waals surface area contributed by atoms with Crippen LogP contribution in [0.3, 0.4) is 0 Å². The number of carbonyl (C=O) groups excluding carboxylic acids is 2. The Hall–Kier alpha value is -2.74. The van der Waals surface area contributed by atoms with Gasteiger partial charge in [0.15, 0.2) is 5.17 Å². The topological polar surface area (TPSA) is 80.2 Å². The molecular weight excluding hydrogens is 438 g/mol. The molecule has 7 nitrogen and oxygen atoms in total. The van der Waals surface area contributed by atoms with E-state index in [2.05, 4.69) is 5.32 Å². The van der Waals surface area contributed by atoms with Crippen molar-refractivity contribution in [3.8, 4) is 5.75 Å². The quantitative estimate of drug-likeness (QED) is 0.585. The lowest BCUT2D eigenvalue weighted by atomic mass is 9.92. The third kappa shape index (κ3) is 4.81. The Morgan fingerprint density at radius 3 is 2.64 bits per heavy atom. The number of carbonyl (C=O) groups is 2. The second-order valence-corrected chi connectivity index (χ2v) is 9.26. The van der Waals surface area contributed by atoms with Crippen LogP contribution in [-0.2, 0) is 14.3 Å². The molecule has 1 unspecified atom stereocenters. The number of amides is 1. The summed E-state index contributed by atoms with van der Waals surface area (Å²) in [5.74, 6) is 0.246. The van der Waals surface area contributed by atoms with E-state index in [-0.39, 0.29) is 18.4 Å². The molecular formula is C25H31N3O4S. The minimum atomic E-state index is -0.486. The molecule has 2 heterocycles. The van der Waals surface area contributed by atoms with Gasteiger partial charge in [-0.3, -0.25) is 4.79 Å². The van der Waals surface area contributed by atoms with Crippen LogP contribution in [0.1, 0.15) is 63.5 Å². The second-order valence-electron chi connectivity index (χ2n) is 8.42. The van der Waals surface area contributed by atoms with Gasteiger partial charge in [0.2, 0.25) is 5.91 Å². The molecule has 4 rings (SSSR count). The highest BCUT2D eigenvalue weighted by Gasteiger charge is 2.42. The molecule has 1 fully saturated rings. The van der Waals surface area contributed by atoms with E-state index in [9.17, 15) is 9.59 Å². The molecule has 1 aromatic carbocycles. The highest BCUT2D eigenvalue weighted by molar-refractivity contribution is 8.16. The highest BCUT2D eigenvalue weighted by atomic mass is 32.2. The number of rotatable bonds is 7. The molecule has 176 valence electrons. The first-order chi connectivity index (χ1) is 16.1. The van der Waals surface area contributed by atoms with Gasteiger partial charge in [0, 0.05) is 17.3 Å². The zero-order valence-corrected chi connectivity index (χ0v) is 20.2. The van der Waals surface area contributed by atoms with Crippen molar-refractivity contribution in [1.82, 2.24) is 10.2 Å². The van der Waals surface area contributed by atoms with Crippen molar-refractivity contribution >= 4 is 28.8 Å². The maximum atomic E-state index is 13.0. The Bertz CT molecular complexity index is 1010. The molecule has 0 spiro atoms. The monoisotopic (exact) mass is 469 g/mol. The molecule has 2 aliphatic heterocycles. The van der Waals surface area contributed by atoms with Crippen molar-refractivity contribution in [3.05, 3.63) is 52.2 Å². The van der Waals surface area contributed by atoms with E-state index < -0.39 is 12.0 Å². The second kappa shape index (κ2) is 10.5. The number of benzene rings is 1. The minimum Gasteiger partial charge on any atom is -0.496 e. The SMILES string of the molecule is CCC1=C(C(=O)OC)C(c2ccccc2OC)N2C(CC(=O)NC3CCCCC3)=CSC2=N1. The molecule has 1 aliphatic carbocycles. The van der Waals surface area contributed by atoms with Crippen molar-refractivity contribution in [2.75, 3.05) is 14.2 Å². The van der Waals surface area contributed by atoms with Crippen LogP contribution in [0.5, 0.6) is 5.75 Å². The average Bonchev–Trinajstić information content (AvgIpc) is 3.24. The standard InChI is InChI=1S/C25H31N3O4S/c1-4-19-22(24(30)32-3)23(18-12-8-9-13-20(18)31-2)28-17(15-33-25(28)27-19)14-21(29)26-16-10-6-5-7-11-16/h8-9,12-13,15-16,23H,4-7,10-11,14H2,1-3H3,(H,26,29). The number of fused-ring (bicyclic) bond motifs is 1. The Morgan fingerprint density at radius 1 is 1.18 bits per heavy atom. The van der Waals surface area contributed by atoms with Crippen molar-refractivity contribution in [3.63, 3.8) is 0 Å². The number of methoxy groups -OCH3 is 2. The van der Waals surface area contributed by atoms with Crippen molar-refractivity contribution in [2.45, 2.75) is 64.0 Å². The first-order valence-corrected chi connectivity index (χ1v) is 12.4. The molecule has 33 heavy (non-hydrogen) atoms. The average molecular weight is 470 g/mol. The Morgan fingerprint density at radius 2 is 1.94 bits per heavy atom. The zero-order valence-electron chi connectivity index (χ0n) is 19.4. The molecule has 1 saturated carbocycles. The van der Waals surface area contributed by atoms with Gasteiger partial charge in [0.1, 0.15) is 5.75 Å². The van der Waals surface area contributed by atoms with Crippen LogP contribution >= 0.6 is 11.8 Å². The third-order valence-electron chi connectivity index (χ3n) is 6.37. The molecule has 1 amide bonds. The van der Waals surface area contributed by atoms with E-state index in [1.807, 2.05) is 41.5 Å². The van der Waals surface area contributed by atoms with E-state index in [4.69, 9.17) is 14.5 Å². The van der Waals surface area contributed by atoms with Crippen LogP contribution < -0.4 is 10.1 Å². The van der Waals surface area contributed by atoms with E-state index in [0.717, 1.165) is 42.1 Å². The van der Waals surface area contributed by atoms with Gasteiger partial charge in [0.05, 0.1) is 38.0 Å². The van der Waals surface area contributed by atoms with Crippen molar-refractivity contribution < 1.29 is 19.1 Å². The van der Waals surface area contributed by atoms with Gasteiger partial charge in [-0.2, -0.15) is 0 Å². The molecule has 8 heteroatoms. The lowest BCUT2D eigenvalue weighted by Gasteiger charge is -2.37. The van der Waals surface area contributed by atoms with Crippen molar-refractivity contribution in [2.24, 2.45) is 4.99 Å². The van der Waals surface area contributed by atoms with Crippen molar-refractivity contribution in [1.29, 1.82) is 0 Å². The number of aliphatic imine (C=N–C) groups is 1. The first kappa shape index (κ1) is 23.4. The summed E-state index contributed by atoms with van der Waals surface area (Å²) in [6, 6.07) is 7.41. The van der Waals surface area contributed by atoms with E-state index in [1.54, 1.807) is 7.11 Å². The largest absolute Gasteiger partial charge is 0.496 e. The zero-order chi connectivity index (χ0) is 23.4. The van der Waals surface area contributed by atoms with Gasteiger partial charge in [0.25, 0.3) is 0 Å². The summed E-state index contributed by atoms with van der Waals surface area (Å²) in [7, 11) is 3.00. The van der Waals surface area contributed by atoms with Crippen LogP contribution in [0.25, 0.3) is 0 Å². The van der Waals surface area contributed by atoms with E-state index in [0.29, 0.717) is 23.4 Å².